The first kappa shape index (κ1) is 28.9. The van der Waals surface area contributed by atoms with Crippen LogP contribution < -0.4 is 0 Å². The van der Waals surface area contributed by atoms with Gasteiger partial charge in [-0.2, -0.15) is 0 Å². The average molecular weight is 445 g/mol. The molecule has 4 atom stereocenters. The Morgan fingerprint density at radius 1 is 0.645 bits per heavy atom. The molecule has 0 radical (unpaired) electrons. The van der Waals surface area contributed by atoms with Crippen molar-refractivity contribution in [3.63, 3.8) is 0 Å². The van der Waals surface area contributed by atoms with Crippen LogP contribution in [0.25, 0.3) is 0 Å². The van der Waals surface area contributed by atoms with Crippen molar-refractivity contribution in [1.82, 2.24) is 0 Å². The Hall–Kier alpha value is -2.12. The molecule has 8 heteroatoms. The zero-order valence-corrected chi connectivity index (χ0v) is 20.7. The van der Waals surface area contributed by atoms with Gasteiger partial charge in [-0.25, -0.2) is 0 Å². The molecule has 0 aromatic heterocycles. The molecule has 0 aromatic rings. The maximum Gasteiger partial charge on any atom is 0.308 e. The third-order valence-corrected chi connectivity index (χ3v) is 4.94. The third-order valence-electron chi connectivity index (χ3n) is 4.94. The average Bonchev–Trinajstić information content (AvgIpc) is 2.56. The van der Waals surface area contributed by atoms with Crippen molar-refractivity contribution in [2.24, 2.45) is 16.7 Å². The molecule has 0 aliphatic rings. The highest BCUT2D eigenvalue weighted by molar-refractivity contribution is 5.73. The minimum absolute atomic E-state index is 0.147. The smallest absolute Gasteiger partial charge is 0.308 e. The fraction of sp³-hybridized carbons (Fsp3) is 0.826. The van der Waals surface area contributed by atoms with Crippen LogP contribution in [0.4, 0.5) is 0 Å². The highest BCUT2D eigenvalue weighted by Crippen LogP contribution is 2.33. The van der Waals surface area contributed by atoms with Crippen LogP contribution in [0.1, 0.15) is 81.6 Å². The Balaban J connectivity index is 5.81. The van der Waals surface area contributed by atoms with Crippen molar-refractivity contribution in [2.45, 2.75) is 99.9 Å². The van der Waals surface area contributed by atoms with Gasteiger partial charge in [0.2, 0.25) is 0 Å². The van der Waals surface area contributed by atoms with E-state index >= 15 is 0 Å². The lowest BCUT2D eigenvalue weighted by Gasteiger charge is -2.35. The number of carbonyl (C=O) groups is 4. The topological polar surface area (TPSA) is 105 Å². The molecule has 0 amide bonds. The van der Waals surface area contributed by atoms with Crippen molar-refractivity contribution in [3.05, 3.63) is 0 Å². The molecule has 0 rings (SSSR count). The Kier molecular flexibility index (Phi) is 11.2. The van der Waals surface area contributed by atoms with Gasteiger partial charge in [0.15, 0.2) is 0 Å². The molecule has 0 aliphatic carbocycles. The maximum atomic E-state index is 12.6. The van der Waals surface area contributed by atoms with E-state index in [0.29, 0.717) is 0 Å². The van der Waals surface area contributed by atoms with E-state index in [2.05, 4.69) is 0 Å². The zero-order chi connectivity index (χ0) is 24.6. The molecule has 0 saturated carbocycles. The Labute approximate surface area is 186 Å². The molecule has 0 aliphatic heterocycles. The molecule has 0 aromatic carbocycles. The van der Waals surface area contributed by atoms with Crippen LogP contribution in [0, 0.1) is 16.7 Å². The number of ether oxygens (including phenoxy) is 4. The highest BCUT2D eigenvalue weighted by atomic mass is 16.6. The molecule has 31 heavy (non-hydrogen) atoms. The van der Waals surface area contributed by atoms with Gasteiger partial charge in [-0.3, -0.25) is 19.2 Å². The first-order chi connectivity index (χ1) is 14.0. The lowest BCUT2D eigenvalue weighted by molar-refractivity contribution is -0.163. The van der Waals surface area contributed by atoms with E-state index in [-0.39, 0.29) is 19.3 Å². The summed E-state index contributed by atoms with van der Waals surface area (Å²) < 4.78 is 21.4. The second kappa shape index (κ2) is 12.1. The number of hydrogen-bond acceptors (Lipinski definition) is 8. The lowest BCUT2D eigenvalue weighted by atomic mass is 9.80. The molecule has 0 N–H and O–H groups in total. The summed E-state index contributed by atoms with van der Waals surface area (Å²) in [5.41, 5.74) is -0.822. The van der Waals surface area contributed by atoms with Crippen molar-refractivity contribution >= 4 is 23.9 Å². The van der Waals surface area contributed by atoms with Crippen LogP contribution in [0.5, 0.6) is 0 Å². The number of esters is 4. The van der Waals surface area contributed by atoms with E-state index < -0.39 is 58.9 Å². The minimum Gasteiger partial charge on any atom is -0.469 e. The van der Waals surface area contributed by atoms with E-state index in [0.717, 1.165) is 0 Å². The fourth-order valence-corrected chi connectivity index (χ4v) is 3.25. The molecule has 0 spiro atoms. The number of carbonyl (C=O) groups excluding carboxylic acids is 4. The lowest BCUT2D eigenvalue weighted by Crippen LogP contribution is -2.39. The van der Waals surface area contributed by atoms with Crippen LogP contribution >= 0.6 is 0 Å². The summed E-state index contributed by atoms with van der Waals surface area (Å²) in [7, 11) is 1.28. The second-order valence-corrected chi connectivity index (χ2v) is 10.1. The molecular formula is C23H40O8. The monoisotopic (exact) mass is 444 g/mol. The van der Waals surface area contributed by atoms with Crippen molar-refractivity contribution in [2.75, 3.05) is 7.11 Å². The summed E-state index contributed by atoms with van der Waals surface area (Å²) in [6.07, 6.45) is -1.18. The Bertz CT molecular complexity index is 626. The molecule has 180 valence electrons. The standard InChI is InChI=1S/C23H40O8/c1-14(24)29-18(13-20(23(7,8)9)31-16(3)26)11-17(21(27)28-10)12-19(22(4,5)6)30-15(2)25/h17-20H,11-13H2,1-10H3. The van der Waals surface area contributed by atoms with Crippen LogP contribution in [0.3, 0.4) is 0 Å². The van der Waals surface area contributed by atoms with Crippen LogP contribution in [0.15, 0.2) is 0 Å². The Morgan fingerprint density at radius 3 is 1.35 bits per heavy atom. The van der Waals surface area contributed by atoms with E-state index in [4.69, 9.17) is 18.9 Å². The molecule has 0 saturated heterocycles. The van der Waals surface area contributed by atoms with Gasteiger partial charge in [-0.15, -0.1) is 0 Å². The van der Waals surface area contributed by atoms with Crippen molar-refractivity contribution in [1.29, 1.82) is 0 Å². The van der Waals surface area contributed by atoms with Gasteiger partial charge in [0.05, 0.1) is 13.0 Å². The Morgan fingerprint density at radius 2 is 1.03 bits per heavy atom. The predicted octanol–water partition coefficient (Wildman–Crippen LogP) is 3.83. The van der Waals surface area contributed by atoms with Crippen molar-refractivity contribution < 1.29 is 38.1 Å². The van der Waals surface area contributed by atoms with Gasteiger partial charge in [-0.1, -0.05) is 41.5 Å². The number of methoxy groups -OCH3 is 1. The molecular weight excluding hydrogens is 404 g/mol. The van der Waals surface area contributed by atoms with Gasteiger partial charge in [0, 0.05) is 27.2 Å². The quantitative estimate of drug-likeness (QED) is 0.370. The normalized spacial score (nSPS) is 15.8. The summed E-state index contributed by atoms with van der Waals surface area (Å²) in [4.78, 5) is 47.5. The van der Waals surface area contributed by atoms with Gasteiger partial charge >= 0.3 is 23.9 Å². The molecule has 0 heterocycles. The predicted molar refractivity (Wildman–Crippen MR) is 115 cm³/mol. The van der Waals surface area contributed by atoms with E-state index in [1.165, 1.54) is 27.9 Å². The number of hydrogen-bond donors (Lipinski definition) is 0. The molecule has 0 bridgehead atoms. The minimum atomic E-state index is -0.692. The summed E-state index contributed by atoms with van der Waals surface area (Å²) in [6, 6.07) is 0. The first-order valence-corrected chi connectivity index (χ1v) is 10.6. The summed E-state index contributed by atoms with van der Waals surface area (Å²) >= 11 is 0. The van der Waals surface area contributed by atoms with Gasteiger partial charge in [-0.05, 0) is 23.7 Å². The van der Waals surface area contributed by atoms with E-state index in [9.17, 15) is 19.2 Å². The van der Waals surface area contributed by atoms with Crippen LogP contribution in [-0.4, -0.2) is 49.3 Å². The van der Waals surface area contributed by atoms with Gasteiger partial charge < -0.3 is 18.9 Å². The van der Waals surface area contributed by atoms with Gasteiger partial charge in [0.1, 0.15) is 18.3 Å². The molecule has 4 unspecified atom stereocenters. The summed E-state index contributed by atoms with van der Waals surface area (Å²) in [5.74, 6) is -2.55. The summed E-state index contributed by atoms with van der Waals surface area (Å²) in [6.45, 7) is 15.4. The zero-order valence-electron chi connectivity index (χ0n) is 20.7. The van der Waals surface area contributed by atoms with Crippen molar-refractivity contribution in [3.8, 4) is 0 Å². The molecule has 0 fully saturated rings. The third kappa shape index (κ3) is 11.7. The SMILES string of the molecule is COC(=O)C(CC(CC(OC(C)=O)C(C)(C)C)OC(C)=O)CC(OC(C)=O)C(C)(C)C. The van der Waals surface area contributed by atoms with E-state index in [1.807, 2.05) is 41.5 Å². The largest absolute Gasteiger partial charge is 0.469 e. The summed E-state index contributed by atoms with van der Waals surface area (Å²) in [5, 5.41) is 0. The highest BCUT2D eigenvalue weighted by Gasteiger charge is 2.37. The van der Waals surface area contributed by atoms with Crippen LogP contribution in [0.2, 0.25) is 0 Å². The maximum absolute atomic E-state index is 12.6. The molecule has 8 nitrogen and oxygen atoms in total. The fourth-order valence-electron chi connectivity index (χ4n) is 3.25. The van der Waals surface area contributed by atoms with E-state index in [1.54, 1.807) is 0 Å². The second-order valence-electron chi connectivity index (χ2n) is 10.1. The first-order valence-electron chi connectivity index (χ1n) is 10.6. The van der Waals surface area contributed by atoms with Gasteiger partial charge in [0.25, 0.3) is 0 Å². The van der Waals surface area contributed by atoms with Crippen LogP contribution in [-0.2, 0) is 38.1 Å². The number of rotatable bonds is 10.